The molecule has 0 spiro atoms. The second-order valence-electron chi connectivity index (χ2n) is 23.7. The predicted molar refractivity (Wildman–Crippen MR) is 356 cm³/mol. The number of benzene rings is 7. The van der Waals surface area contributed by atoms with Gasteiger partial charge in [-0.3, -0.25) is 9.97 Å². The Morgan fingerprint density at radius 2 is 0.884 bits per heavy atom. The first kappa shape index (κ1) is 66.7. The van der Waals surface area contributed by atoms with E-state index in [2.05, 4.69) is 230 Å². The predicted octanol–water partition coefficient (Wildman–Crippen LogP) is 19.7. The van der Waals surface area contributed by atoms with E-state index in [-0.39, 0.29) is 40.2 Å². The molecule has 0 radical (unpaired) electrons. The molecule has 12 rings (SSSR count). The fraction of sp³-hybridized carbons (Fsp3) is 0.280. The van der Waals surface area contributed by atoms with Gasteiger partial charge in [0.2, 0.25) is 0 Å². The van der Waals surface area contributed by atoms with Gasteiger partial charge in [-0.15, -0.1) is 101 Å². The van der Waals surface area contributed by atoms with Gasteiger partial charge in [-0.1, -0.05) is 143 Å². The third-order valence-electron chi connectivity index (χ3n) is 15.2. The summed E-state index contributed by atoms with van der Waals surface area (Å²) < 4.78 is 7.15. The maximum atomic E-state index is 4.65. The molecule has 446 valence electrons. The minimum absolute atomic E-state index is 0. The molecule has 2 aliphatic rings. The topological polar surface area (TPSA) is 48.6 Å². The SMILES string of the molecule is CC(C)c1cc(C(C)C)c(-n2ccnc2-c2[c-]cccc2)c(C(C)C)c1.CC(C)c1cc(C(C)C)c(-n2ccnc2-c2[c-]cccc2)c(C(C)C)c1.CN1C=CN(c2[c-]cc3c(c2)sc2ccccc23)[CH-]1.Cc1cc[c-]c(N2C=CN(C)[CH-]2)c1.[Ir+3].[Ir+3]. The molecule has 11 heteroatoms. The van der Waals surface area contributed by atoms with Gasteiger partial charge in [0.25, 0.3) is 0 Å². The van der Waals surface area contributed by atoms with Crippen LogP contribution in [0.4, 0.5) is 11.4 Å². The fourth-order valence-corrected chi connectivity index (χ4v) is 11.6. The number of aromatic nitrogens is 4. The largest absolute Gasteiger partial charge is 3.00 e. The first-order valence-electron chi connectivity index (χ1n) is 29.6. The van der Waals surface area contributed by atoms with Gasteiger partial charge in [-0.25, -0.2) is 0 Å². The number of nitrogens with zero attached hydrogens (tertiary/aromatic N) is 8. The van der Waals surface area contributed by atoms with E-state index in [4.69, 9.17) is 0 Å². The zero-order valence-corrected chi connectivity index (χ0v) is 58.1. The molecule has 0 bridgehead atoms. The maximum absolute atomic E-state index is 4.65. The molecular weight excluding hydrogens is 1430 g/mol. The Bertz CT molecular complexity index is 3640. The van der Waals surface area contributed by atoms with Crippen molar-refractivity contribution in [3.63, 3.8) is 0 Å². The van der Waals surface area contributed by atoms with Crippen LogP contribution in [0.25, 0.3) is 54.3 Å². The van der Waals surface area contributed by atoms with Gasteiger partial charge in [-0.2, -0.15) is 60.6 Å². The van der Waals surface area contributed by atoms with Crippen LogP contribution in [0.3, 0.4) is 0 Å². The van der Waals surface area contributed by atoms with E-state index in [1.165, 1.54) is 70.5 Å². The van der Waals surface area contributed by atoms with Crippen molar-refractivity contribution in [2.45, 2.75) is 126 Å². The van der Waals surface area contributed by atoms with Crippen molar-refractivity contribution in [1.29, 1.82) is 0 Å². The molecule has 0 amide bonds. The second kappa shape index (κ2) is 30.2. The Labute approximate surface area is 545 Å². The number of thiophene rings is 1. The van der Waals surface area contributed by atoms with Crippen molar-refractivity contribution < 1.29 is 40.2 Å². The van der Waals surface area contributed by atoms with Crippen LogP contribution in [0.1, 0.15) is 158 Å². The molecule has 0 N–H and O–H groups in total. The number of hydrogen-bond acceptors (Lipinski definition) is 7. The Morgan fingerprint density at radius 3 is 1.28 bits per heavy atom. The number of hydrogen-bond donors (Lipinski definition) is 0. The summed E-state index contributed by atoms with van der Waals surface area (Å²) in [6, 6.07) is 57.8. The van der Waals surface area contributed by atoms with E-state index in [0.29, 0.717) is 35.5 Å². The molecule has 0 atom stereocenters. The van der Waals surface area contributed by atoms with Gasteiger partial charge in [-0.05, 0) is 114 Å². The van der Waals surface area contributed by atoms with Crippen LogP contribution < -0.4 is 9.80 Å². The van der Waals surface area contributed by atoms with Gasteiger partial charge in [0.05, 0.1) is 11.6 Å². The van der Waals surface area contributed by atoms with Gasteiger partial charge in [0.15, 0.2) is 0 Å². The smallest absolute Gasteiger partial charge is 0.510 e. The standard InChI is InChI=1S/2C24H29N2.C16H12N2S.C11H12N2.2Ir/c2*1-16(2)20-14-21(17(3)4)23(22(15-20)18(5)6)26-13-12-25-24(26)19-10-8-7-9-11-19;1-17-8-9-18(11-17)12-6-7-14-13-4-2-3-5-15(13)19-16(14)10-12;1-10-4-3-5-11(8-10)13-7-6-12(2)9-13;;/h2*7-10,12-18H,1-6H3;2-5,7-11H,1H3;3-4,6-9H,1-2H3;;/q2*-1;2*-2;2*+3. The summed E-state index contributed by atoms with van der Waals surface area (Å²) in [4.78, 5) is 17.5. The van der Waals surface area contributed by atoms with Gasteiger partial charge in [0.1, 0.15) is 0 Å². The summed E-state index contributed by atoms with van der Waals surface area (Å²) in [5, 5.41) is 2.62. The van der Waals surface area contributed by atoms with Gasteiger partial charge in [0, 0.05) is 40.9 Å². The minimum atomic E-state index is 0. The maximum Gasteiger partial charge on any atom is 3.00 e. The molecule has 10 aromatic rings. The molecule has 5 heterocycles. The van der Waals surface area contributed by atoms with Crippen LogP contribution in [0.2, 0.25) is 0 Å². The van der Waals surface area contributed by atoms with Gasteiger partial charge >= 0.3 is 40.2 Å². The van der Waals surface area contributed by atoms with Crippen molar-refractivity contribution in [3.8, 4) is 34.2 Å². The summed E-state index contributed by atoms with van der Waals surface area (Å²) >= 11 is 1.84. The molecule has 0 fully saturated rings. The monoisotopic (exact) mass is 1510 g/mol. The molecule has 0 saturated carbocycles. The van der Waals surface area contributed by atoms with E-state index >= 15 is 0 Å². The summed E-state index contributed by atoms with van der Waals surface area (Å²) in [5.41, 5.74) is 16.4. The number of fused-ring (bicyclic) bond motifs is 3. The van der Waals surface area contributed by atoms with Crippen molar-refractivity contribution in [1.82, 2.24) is 28.9 Å². The number of imidazole rings is 2. The first-order chi connectivity index (χ1) is 40.4. The number of anilines is 2. The van der Waals surface area contributed by atoms with Crippen LogP contribution in [-0.2, 0) is 40.2 Å². The Balaban J connectivity index is 0.000000167. The van der Waals surface area contributed by atoms with Crippen LogP contribution in [0.5, 0.6) is 0 Å². The average Bonchev–Trinajstić information content (AvgIpc) is 1.74. The van der Waals surface area contributed by atoms with E-state index in [1.807, 2.05) is 139 Å². The minimum Gasteiger partial charge on any atom is -0.510 e. The second-order valence-corrected chi connectivity index (χ2v) is 24.8. The molecule has 8 nitrogen and oxygen atoms in total. The van der Waals surface area contributed by atoms with E-state index in [1.54, 1.807) is 0 Å². The summed E-state index contributed by atoms with van der Waals surface area (Å²) in [6.45, 7) is 33.4. The summed E-state index contributed by atoms with van der Waals surface area (Å²) in [5.74, 6) is 4.70. The van der Waals surface area contributed by atoms with Crippen LogP contribution in [0, 0.1) is 44.5 Å². The van der Waals surface area contributed by atoms with Crippen LogP contribution in [0.15, 0.2) is 177 Å². The molecular formula is C75H82Ir2N8S. The normalized spacial score (nSPS) is 12.8. The van der Waals surface area contributed by atoms with Crippen molar-refractivity contribution in [2.75, 3.05) is 23.9 Å². The van der Waals surface area contributed by atoms with E-state index < -0.39 is 0 Å². The molecule has 2 aliphatic heterocycles. The average molecular weight is 1510 g/mol. The molecule has 86 heavy (non-hydrogen) atoms. The molecule has 0 saturated heterocycles. The number of rotatable bonds is 12. The first-order valence-corrected chi connectivity index (χ1v) is 30.4. The zero-order valence-electron chi connectivity index (χ0n) is 52.5. The van der Waals surface area contributed by atoms with Crippen molar-refractivity contribution in [2.24, 2.45) is 0 Å². The third kappa shape index (κ3) is 15.6. The molecule has 0 aliphatic carbocycles. The third-order valence-corrected chi connectivity index (χ3v) is 16.3. The van der Waals surface area contributed by atoms with Crippen molar-refractivity contribution in [3.05, 3.63) is 254 Å². The van der Waals surface area contributed by atoms with E-state index in [0.717, 1.165) is 34.2 Å². The van der Waals surface area contributed by atoms with E-state index in [9.17, 15) is 0 Å². The van der Waals surface area contributed by atoms with Crippen LogP contribution >= 0.6 is 11.3 Å². The Morgan fingerprint density at radius 1 is 0.442 bits per heavy atom. The molecule has 3 aromatic heterocycles. The Kier molecular flexibility index (Phi) is 23.4. The van der Waals surface area contributed by atoms with Crippen molar-refractivity contribution >= 4 is 42.9 Å². The summed E-state index contributed by atoms with van der Waals surface area (Å²) in [7, 11) is 4.03. The van der Waals surface area contributed by atoms with Crippen LogP contribution in [-0.4, -0.2) is 43.0 Å². The number of aryl methyl sites for hydroxylation is 1. The molecule has 7 aromatic carbocycles. The molecule has 0 unspecified atom stereocenters. The zero-order chi connectivity index (χ0) is 59.8. The fourth-order valence-electron chi connectivity index (χ4n) is 10.5. The summed E-state index contributed by atoms with van der Waals surface area (Å²) in [6.07, 6.45) is 16.0. The van der Waals surface area contributed by atoms with Gasteiger partial charge < -0.3 is 28.7 Å². The Hall–Kier alpha value is -6.84. The quantitative estimate of drug-likeness (QED) is 0.114.